The first-order chi connectivity index (χ1) is 9.45. The Morgan fingerprint density at radius 1 is 0.316 bits per heavy atom. The van der Waals surface area contributed by atoms with Gasteiger partial charge in [0.25, 0.3) is 0 Å². The molecule has 0 nitrogen and oxygen atoms in total. The van der Waals surface area contributed by atoms with Gasteiger partial charge in [0, 0.05) is 0 Å². The highest BCUT2D eigenvalue weighted by atomic mass is 14.4. The topological polar surface area (TPSA) is 0 Å². The highest BCUT2D eigenvalue weighted by Gasteiger charge is 2.38. The van der Waals surface area contributed by atoms with Crippen LogP contribution in [0.3, 0.4) is 0 Å². The van der Waals surface area contributed by atoms with E-state index in [0.717, 1.165) is 23.7 Å². The highest BCUT2D eigenvalue weighted by Crippen LogP contribution is 2.48. The van der Waals surface area contributed by atoms with E-state index in [-0.39, 0.29) is 0 Å². The molecule has 0 bridgehead atoms. The molecular formula is C19H34. The first-order valence-corrected chi connectivity index (χ1v) is 9.45. The van der Waals surface area contributed by atoms with Gasteiger partial charge in [-0.15, -0.1) is 0 Å². The maximum absolute atomic E-state index is 1.59. The zero-order valence-corrected chi connectivity index (χ0v) is 12.9. The Morgan fingerprint density at radius 3 is 1.32 bits per heavy atom. The first-order valence-electron chi connectivity index (χ1n) is 9.45. The van der Waals surface area contributed by atoms with Crippen LogP contribution in [0.5, 0.6) is 0 Å². The largest absolute Gasteiger partial charge is 0.0533 e. The number of rotatable bonds is 1. The van der Waals surface area contributed by atoms with E-state index in [9.17, 15) is 0 Å². The molecule has 110 valence electrons. The zero-order chi connectivity index (χ0) is 12.9. The molecule has 3 fully saturated rings. The van der Waals surface area contributed by atoms with Crippen LogP contribution in [0, 0.1) is 23.7 Å². The Bertz CT molecular complexity index is 245. The van der Waals surface area contributed by atoms with E-state index >= 15 is 0 Å². The molecule has 0 aromatic heterocycles. The molecule has 3 atom stereocenters. The van der Waals surface area contributed by atoms with Crippen molar-refractivity contribution in [3.63, 3.8) is 0 Å². The molecule has 0 N–H and O–H groups in total. The third-order valence-corrected chi connectivity index (χ3v) is 6.64. The Labute approximate surface area is 120 Å². The SMILES string of the molecule is C1CCCCC(C2CCCC3CCCCC32)CCC1. The Hall–Kier alpha value is 0. The van der Waals surface area contributed by atoms with E-state index in [1.807, 2.05) is 0 Å². The fraction of sp³-hybridized carbons (Fsp3) is 1.00. The number of hydrogen-bond donors (Lipinski definition) is 0. The van der Waals surface area contributed by atoms with Crippen molar-refractivity contribution >= 4 is 0 Å². The molecule has 19 heavy (non-hydrogen) atoms. The van der Waals surface area contributed by atoms with Crippen LogP contribution >= 0.6 is 0 Å². The predicted octanol–water partition coefficient (Wildman–Crippen LogP) is 6.34. The van der Waals surface area contributed by atoms with Crippen molar-refractivity contribution in [3.05, 3.63) is 0 Å². The lowest BCUT2D eigenvalue weighted by Gasteiger charge is -2.45. The lowest BCUT2D eigenvalue weighted by molar-refractivity contribution is 0.0562. The average Bonchev–Trinajstić information content (AvgIpc) is 2.60. The van der Waals surface area contributed by atoms with Crippen LogP contribution < -0.4 is 0 Å². The normalized spacial score (nSPS) is 38.8. The van der Waals surface area contributed by atoms with E-state index in [0.29, 0.717) is 0 Å². The Kier molecular flexibility index (Phi) is 5.24. The minimum Gasteiger partial charge on any atom is -0.0533 e. The second kappa shape index (κ2) is 7.14. The minimum atomic E-state index is 1.11. The van der Waals surface area contributed by atoms with Gasteiger partial charge >= 0.3 is 0 Å². The van der Waals surface area contributed by atoms with Gasteiger partial charge in [-0.05, 0) is 36.5 Å². The smallest absolute Gasteiger partial charge is 0.0355 e. The van der Waals surface area contributed by atoms with Crippen molar-refractivity contribution in [2.75, 3.05) is 0 Å². The Morgan fingerprint density at radius 2 is 0.684 bits per heavy atom. The molecule has 3 unspecified atom stereocenters. The van der Waals surface area contributed by atoms with Gasteiger partial charge in [0.15, 0.2) is 0 Å². The molecule has 3 aliphatic rings. The summed E-state index contributed by atoms with van der Waals surface area (Å²) >= 11 is 0. The molecular weight excluding hydrogens is 228 g/mol. The third kappa shape index (κ3) is 3.56. The highest BCUT2D eigenvalue weighted by molar-refractivity contribution is 4.88. The van der Waals surface area contributed by atoms with Gasteiger partial charge in [-0.1, -0.05) is 83.5 Å². The van der Waals surface area contributed by atoms with Crippen LogP contribution in [-0.4, -0.2) is 0 Å². The molecule has 3 saturated carbocycles. The summed E-state index contributed by atoms with van der Waals surface area (Å²) in [7, 11) is 0. The molecule has 0 aliphatic heterocycles. The van der Waals surface area contributed by atoms with Crippen LogP contribution in [0.15, 0.2) is 0 Å². The van der Waals surface area contributed by atoms with Crippen molar-refractivity contribution in [1.82, 2.24) is 0 Å². The van der Waals surface area contributed by atoms with Gasteiger partial charge < -0.3 is 0 Å². The summed E-state index contributed by atoms with van der Waals surface area (Å²) in [5, 5.41) is 0. The average molecular weight is 262 g/mol. The molecule has 0 heteroatoms. The Balaban J connectivity index is 1.63. The van der Waals surface area contributed by atoms with Crippen LogP contribution in [0.2, 0.25) is 0 Å². The minimum absolute atomic E-state index is 1.11. The third-order valence-electron chi connectivity index (χ3n) is 6.64. The summed E-state index contributed by atoms with van der Waals surface area (Å²) in [6.45, 7) is 0. The first kappa shape index (κ1) is 14.0. The van der Waals surface area contributed by atoms with Crippen LogP contribution in [0.1, 0.15) is 96.3 Å². The van der Waals surface area contributed by atoms with E-state index in [1.165, 1.54) is 25.7 Å². The number of hydrogen-bond acceptors (Lipinski definition) is 0. The second-order valence-electron chi connectivity index (χ2n) is 7.76. The van der Waals surface area contributed by atoms with Gasteiger partial charge in [-0.25, -0.2) is 0 Å². The van der Waals surface area contributed by atoms with E-state index < -0.39 is 0 Å². The lowest BCUT2D eigenvalue weighted by Crippen LogP contribution is -2.35. The summed E-state index contributed by atoms with van der Waals surface area (Å²) < 4.78 is 0. The number of fused-ring (bicyclic) bond motifs is 1. The van der Waals surface area contributed by atoms with E-state index in [2.05, 4.69) is 0 Å². The monoisotopic (exact) mass is 262 g/mol. The van der Waals surface area contributed by atoms with Crippen LogP contribution in [0.4, 0.5) is 0 Å². The molecule has 0 aromatic rings. The van der Waals surface area contributed by atoms with Crippen molar-refractivity contribution in [2.45, 2.75) is 96.3 Å². The van der Waals surface area contributed by atoms with Gasteiger partial charge in [0.2, 0.25) is 0 Å². The van der Waals surface area contributed by atoms with Crippen molar-refractivity contribution in [2.24, 2.45) is 23.7 Å². The van der Waals surface area contributed by atoms with Gasteiger partial charge in [0.1, 0.15) is 0 Å². The summed E-state index contributed by atoms with van der Waals surface area (Å²) in [5.41, 5.74) is 0. The molecule has 0 heterocycles. The van der Waals surface area contributed by atoms with E-state index in [4.69, 9.17) is 0 Å². The quantitative estimate of drug-likeness (QED) is 0.517. The fourth-order valence-corrected chi connectivity index (χ4v) is 5.67. The summed E-state index contributed by atoms with van der Waals surface area (Å²) in [6.07, 6.45) is 23.3. The molecule has 3 rings (SSSR count). The molecule has 3 aliphatic carbocycles. The van der Waals surface area contributed by atoms with E-state index in [1.54, 1.807) is 70.6 Å². The fourth-order valence-electron chi connectivity index (χ4n) is 5.67. The van der Waals surface area contributed by atoms with Gasteiger partial charge in [-0.3, -0.25) is 0 Å². The molecule has 0 amide bonds. The second-order valence-corrected chi connectivity index (χ2v) is 7.76. The lowest BCUT2D eigenvalue weighted by atomic mass is 9.61. The van der Waals surface area contributed by atoms with Gasteiger partial charge in [-0.2, -0.15) is 0 Å². The molecule has 0 spiro atoms. The van der Waals surface area contributed by atoms with Crippen LogP contribution in [-0.2, 0) is 0 Å². The summed E-state index contributed by atoms with van der Waals surface area (Å²) in [6, 6.07) is 0. The van der Waals surface area contributed by atoms with Crippen LogP contribution in [0.25, 0.3) is 0 Å². The summed E-state index contributed by atoms with van der Waals surface area (Å²) in [5.74, 6) is 4.54. The predicted molar refractivity (Wildman–Crippen MR) is 83.2 cm³/mol. The van der Waals surface area contributed by atoms with Gasteiger partial charge in [0.05, 0.1) is 0 Å². The molecule has 0 saturated heterocycles. The van der Waals surface area contributed by atoms with Crippen molar-refractivity contribution in [1.29, 1.82) is 0 Å². The maximum Gasteiger partial charge on any atom is -0.0355 e. The standard InChI is InChI=1S/C19H34/c1-2-4-6-11-16(10-5-3-1)19-15-9-13-17-12-7-8-14-18(17)19/h16-19H,1-15H2. The molecule has 0 radical (unpaired) electrons. The molecule has 0 aromatic carbocycles. The zero-order valence-electron chi connectivity index (χ0n) is 12.9. The maximum atomic E-state index is 1.59. The van der Waals surface area contributed by atoms with Crippen molar-refractivity contribution in [3.8, 4) is 0 Å². The summed E-state index contributed by atoms with van der Waals surface area (Å²) in [4.78, 5) is 0. The van der Waals surface area contributed by atoms with Crippen molar-refractivity contribution < 1.29 is 0 Å².